The van der Waals surface area contributed by atoms with Crippen LogP contribution in [0.2, 0.25) is 19.6 Å². The highest BCUT2D eigenvalue weighted by Crippen LogP contribution is 2.39. The van der Waals surface area contributed by atoms with Crippen LogP contribution in [0.1, 0.15) is 0 Å². The van der Waals surface area contributed by atoms with E-state index in [4.69, 9.17) is 4.42 Å². The van der Waals surface area contributed by atoms with Crippen LogP contribution in [0.4, 0.5) is 0 Å². The molecule has 0 unspecified atom stereocenters. The lowest BCUT2D eigenvalue weighted by molar-refractivity contribution is 0.668. The molecule has 0 saturated carbocycles. The quantitative estimate of drug-likeness (QED) is 0.175. The van der Waals surface area contributed by atoms with Gasteiger partial charge in [0.1, 0.15) is 11.2 Å². The summed E-state index contributed by atoms with van der Waals surface area (Å²) in [6, 6.07) is 55.5. The summed E-state index contributed by atoms with van der Waals surface area (Å²) < 4.78 is 11.1. The first-order chi connectivity index (χ1) is 23.9. The molecule has 49 heavy (non-hydrogen) atoms. The minimum Gasteiger partial charge on any atom is -0.456 e. The van der Waals surface area contributed by atoms with Gasteiger partial charge < -0.3 is 13.6 Å². The molecule has 4 heteroatoms. The molecular formula is C45H34N2OSi. The predicted molar refractivity (Wildman–Crippen MR) is 211 cm³/mol. The number of benzene rings is 7. The van der Waals surface area contributed by atoms with Crippen LogP contribution in [0.3, 0.4) is 0 Å². The SMILES string of the molecule is C[Si](C)(C)c1ccc(-n2c3ccccc3c3cc(-c4ccc5c(c4)c4ccccc4n5-c4ccc5c(c4)oc4ccccc45)ccc32)cc1. The molecule has 0 atom stereocenters. The fraction of sp³-hybridized carbons (Fsp3) is 0.0667. The van der Waals surface area contributed by atoms with E-state index in [1.54, 1.807) is 0 Å². The van der Waals surface area contributed by atoms with Crippen LogP contribution in [-0.4, -0.2) is 17.2 Å². The van der Waals surface area contributed by atoms with Gasteiger partial charge in [0.2, 0.25) is 0 Å². The van der Waals surface area contributed by atoms with Crippen molar-refractivity contribution in [1.82, 2.24) is 9.13 Å². The molecule has 10 rings (SSSR count). The molecule has 7 aromatic carbocycles. The molecule has 0 aliphatic carbocycles. The van der Waals surface area contributed by atoms with Crippen molar-refractivity contribution in [2.24, 2.45) is 0 Å². The Balaban J connectivity index is 1.13. The van der Waals surface area contributed by atoms with E-state index in [1.807, 2.05) is 12.1 Å². The van der Waals surface area contributed by atoms with Crippen LogP contribution in [0.15, 0.2) is 156 Å². The maximum absolute atomic E-state index is 6.29. The average Bonchev–Trinajstić information content (AvgIpc) is 3.78. The fourth-order valence-corrected chi connectivity index (χ4v) is 8.99. The van der Waals surface area contributed by atoms with Gasteiger partial charge >= 0.3 is 0 Å². The van der Waals surface area contributed by atoms with Crippen molar-refractivity contribution in [2.75, 3.05) is 0 Å². The molecule has 0 spiro atoms. The molecule has 3 aromatic heterocycles. The summed E-state index contributed by atoms with van der Waals surface area (Å²) in [5, 5.41) is 8.78. The van der Waals surface area contributed by atoms with Gasteiger partial charge in [0.05, 0.1) is 30.1 Å². The van der Waals surface area contributed by atoms with Gasteiger partial charge in [-0.25, -0.2) is 0 Å². The van der Waals surface area contributed by atoms with Gasteiger partial charge in [-0.3, -0.25) is 0 Å². The van der Waals surface area contributed by atoms with Crippen molar-refractivity contribution in [3.63, 3.8) is 0 Å². The zero-order valence-electron chi connectivity index (χ0n) is 27.7. The first kappa shape index (κ1) is 28.2. The average molecular weight is 647 g/mol. The molecule has 0 fully saturated rings. The minimum atomic E-state index is -1.38. The molecule has 3 nitrogen and oxygen atoms in total. The highest BCUT2D eigenvalue weighted by molar-refractivity contribution is 6.88. The van der Waals surface area contributed by atoms with Crippen molar-refractivity contribution in [3.05, 3.63) is 152 Å². The Morgan fingerprint density at radius 2 is 0.878 bits per heavy atom. The maximum atomic E-state index is 6.29. The molecule has 0 radical (unpaired) electrons. The van der Waals surface area contributed by atoms with Crippen LogP contribution in [-0.2, 0) is 0 Å². The topological polar surface area (TPSA) is 23.0 Å². The smallest absolute Gasteiger partial charge is 0.137 e. The molecule has 10 aromatic rings. The van der Waals surface area contributed by atoms with Crippen molar-refractivity contribution in [1.29, 1.82) is 0 Å². The number of furan rings is 1. The minimum absolute atomic E-state index is 0.903. The Hall–Kier alpha value is -5.84. The van der Waals surface area contributed by atoms with E-state index in [-0.39, 0.29) is 0 Å². The molecule has 234 valence electrons. The number of para-hydroxylation sites is 3. The summed E-state index contributed by atoms with van der Waals surface area (Å²) in [6.07, 6.45) is 0. The largest absolute Gasteiger partial charge is 0.456 e. The summed E-state index contributed by atoms with van der Waals surface area (Å²) in [7, 11) is -1.38. The fourth-order valence-electron chi connectivity index (χ4n) is 7.83. The van der Waals surface area contributed by atoms with Gasteiger partial charge in [-0.1, -0.05) is 104 Å². The number of nitrogens with zero attached hydrogens (tertiary/aromatic N) is 2. The van der Waals surface area contributed by atoms with E-state index in [0.29, 0.717) is 0 Å². The number of hydrogen-bond donors (Lipinski definition) is 0. The lowest BCUT2D eigenvalue weighted by Gasteiger charge is -2.17. The van der Waals surface area contributed by atoms with Crippen molar-refractivity contribution >= 4 is 78.8 Å². The number of fused-ring (bicyclic) bond motifs is 9. The second-order valence-electron chi connectivity index (χ2n) is 14.2. The molecule has 0 aliphatic heterocycles. The van der Waals surface area contributed by atoms with Gasteiger partial charge in [0, 0.05) is 49.8 Å². The van der Waals surface area contributed by atoms with Crippen LogP contribution in [0.25, 0.3) is 88.1 Å². The van der Waals surface area contributed by atoms with Crippen LogP contribution in [0.5, 0.6) is 0 Å². The number of hydrogen-bond acceptors (Lipinski definition) is 1. The van der Waals surface area contributed by atoms with Gasteiger partial charge in [-0.2, -0.15) is 0 Å². The monoisotopic (exact) mass is 646 g/mol. The third-order valence-electron chi connectivity index (χ3n) is 10.3. The van der Waals surface area contributed by atoms with Gasteiger partial charge in [-0.05, 0) is 77.9 Å². The highest BCUT2D eigenvalue weighted by atomic mass is 28.3. The van der Waals surface area contributed by atoms with Gasteiger partial charge in [-0.15, -0.1) is 0 Å². The third-order valence-corrected chi connectivity index (χ3v) is 12.4. The summed E-state index contributed by atoms with van der Waals surface area (Å²) in [5.41, 5.74) is 11.4. The van der Waals surface area contributed by atoms with Crippen molar-refractivity contribution < 1.29 is 4.42 Å². The molecule has 0 N–H and O–H groups in total. The lowest BCUT2D eigenvalue weighted by Crippen LogP contribution is -2.37. The van der Waals surface area contributed by atoms with E-state index in [0.717, 1.165) is 27.6 Å². The van der Waals surface area contributed by atoms with Gasteiger partial charge in [0.25, 0.3) is 0 Å². The molecule has 0 saturated heterocycles. The predicted octanol–water partition coefficient (Wildman–Crippen LogP) is 12.0. The molecule has 0 amide bonds. The molecule has 3 heterocycles. The zero-order valence-corrected chi connectivity index (χ0v) is 28.7. The van der Waals surface area contributed by atoms with Crippen LogP contribution in [0, 0.1) is 0 Å². The number of aromatic nitrogens is 2. The van der Waals surface area contributed by atoms with E-state index in [2.05, 4.69) is 168 Å². The Morgan fingerprint density at radius 3 is 1.49 bits per heavy atom. The van der Waals surface area contributed by atoms with Gasteiger partial charge in [0.15, 0.2) is 0 Å². The summed E-state index contributed by atoms with van der Waals surface area (Å²) >= 11 is 0. The standard InChI is InChI=1S/C45H34N2OSi/c1-49(2,3)33-21-18-31(19-22-33)46-40-13-7-4-10-34(40)38-26-29(16-24-42(38)46)30-17-25-43-39(27-30)35-11-5-8-14-41(35)47(43)32-20-23-37-36-12-6-9-15-44(36)48-45(37)28-32/h4-28H,1-3H3. The Bertz CT molecular complexity index is 2910. The van der Waals surface area contributed by atoms with E-state index in [1.165, 1.54) is 65.6 Å². The van der Waals surface area contributed by atoms with Crippen LogP contribution < -0.4 is 5.19 Å². The molecule has 0 aliphatic rings. The first-order valence-corrected chi connectivity index (χ1v) is 20.5. The van der Waals surface area contributed by atoms with Crippen LogP contribution >= 0.6 is 0 Å². The Labute approximate surface area is 285 Å². The molecule has 0 bridgehead atoms. The van der Waals surface area contributed by atoms with Crippen molar-refractivity contribution in [2.45, 2.75) is 19.6 Å². The van der Waals surface area contributed by atoms with E-state index < -0.39 is 8.07 Å². The Morgan fingerprint density at radius 1 is 0.388 bits per heavy atom. The highest BCUT2D eigenvalue weighted by Gasteiger charge is 2.19. The second-order valence-corrected chi connectivity index (χ2v) is 19.3. The maximum Gasteiger partial charge on any atom is 0.137 e. The number of rotatable bonds is 4. The second kappa shape index (κ2) is 10.3. The zero-order chi connectivity index (χ0) is 32.9. The Kier molecular flexibility index (Phi) is 5.94. The first-order valence-electron chi connectivity index (χ1n) is 17.0. The summed E-state index contributed by atoms with van der Waals surface area (Å²) in [5.74, 6) is 0. The summed E-state index contributed by atoms with van der Waals surface area (Å²) in [6.45, 7) is 7.21. The third kappa shape index (κ3) is 4.27. The normalized spacial score (nSPS) is 12.4. The summed E-state index contributed by atoms with van der Waals surface area (Å²) in [4.78, 5) is 0. The van der Waals surface area contributed by atoms with Crippen molar-refractivity contribution in [3.8, 4) is 22.5 Å². The van der Waals surface area contributed by atoms with E-state index in [9.17, 15) is 0 Å². The van der Waals surface area contributed by atoms with E-state index >= 15 is 0 Å². The lowest BCUT2D eigenvalue weighted by atomic mass is 10.0. The molecular weight excluding hydrogens is 613 g/mol.